The molecule has 1 saturated carbocycles. The predicted molar refractivity (Wildman–Crippen MR) is 456 cm³/mol. The fourth-order valence-corrected chi connectivity index (χ4v) is 18.8. The number of carbonyl (C=O) groups excluding carboxylic acids is 3. The number of aromatic nitrogens is 20. The van der Waals surface area contributed by atoms with E-state index in [1.807, 2.05) is 90.5 Å². The Morgan fingerprint density at radius 1 is 0.466 bits per heavy atom. The molecular weight excluding hydrogens is 1580 g/mol. The predicted octanol–water partition coefficient (Wildman–Crippen LogP) is 11.5. The van der Waals surface area contributed by atoms with E-state index < -0.39 is 0 Å². The number of piperidine rings is 3. The standard InChI is InChI=1S/C28H37N9O2S.C27H35N9O2S.C25H29N11OS2/c1-18-4-3-9-35(13-18)16-22-10-26(40-34-22)33-27-28-29-12-24(37(28)14-19(2)31-27)20-11-30-36(15-20)17-25(39)32-21-5-7-23(38)8-6-21;1-18-4-3-7-34(13-18)16-22-10-25(39-33-22)32-26-27-28-12-23(36(27)14-19(2)30-26)20-11-29-35(15-20)17-24(37)31-21-5-8-38-9-6-21;1-15-5-4-6-34(10-15)13-19-7-22(39-33-19)30-23-24-26-9-20(36(24)11-16(2)28-23)18-8-27-35(12-18)14-21(37)29-25-32-31-17(3)38-25/h10-12,14-15,18,21,23,38H,3-9,13,16-17H2,1-2H3,(H,31,33)(H,32,39);10-12,14-15,18,21H,3-9,13,16-17H2,1-2H3,(H,30,32)(H,31,37);7-9,11-12,15H,4-6,10,13-14H2,1-3H3,(H,28,30)(H,29,32,37). The summed E-state index contributed by atoms with van der Waals surface area (Å²) in [7, 11) is 0. The average molecular weight is 1680 g/mol. The van der Waals surface area contributed by atoms with Crippen LogP contribution in [0.5, 0.6) is 0 Å². The Labute approximate surface area is 699 Å². The number of hydrogen-bond acceptors (Lipinski definition) is 29. The Bertz CT molecular complexity index is 5600. The van der Waals surface area contributed by atoms with Crippen LogP contribution in [0, 0.1) is 45.4 Å². The lowest BCUT2D eigenvalue weighted by Crippen LogP contribution is -2.40. The van der Waals surface area contributed by atoms with Gasteiger partial charge in [-0.3, -0.25) is 61.6 Å². The van der Waals surface area contributed by atoms with Crippen LogP contribution in [0.2, 0.25) is 0 Å². The molecule has 13 aromatic heterocycles. The minimum Gasteiger partial charge on any atom is -0.393 e. The van der Waals surface area contributed by atoms with Gasteiger partial charge in [-0.15, -0.1) is 10.2 Å². The van der Waals surface area contributed by atoms with Crippen LogP contribution in [0.3, 0.4) is 0 Å². The second-order valence-electron chi connectivity index (χ2n) is 32.1. The molecule has 17 heterocycles. The molecule has 13 aromatic rings. The number of imidazole rings is 3. The number of rotatable bonds is 24. The van der Waals surface area contributed by atoms with E-state index in [4.69, 9.17) is 19.7 Å². The number of aliphatic hydroxyl groups excluding tert-OH is 1. The van der Waals surface area contributed by atoms with Crippen LogP contribution in [-0.4, -0.2) is 204 Å². The second kappa shape index (κ2) is 37.2. The number of fused-ring (bicyclic) bond motifs is 3. The molecule has 7 N–H and O–H groups in total. The van der Waals surface area contributed by atoms with E-state index in [1.54, 1.807) is 38.8 Å². The topological polar surface area (TPSA) is 371 Å². The smallest absolute Gasteiger partial charge is 0.247 e. The largest absolute Gasteiger partial charge is 0.393 e. The Balaban J connectivity index is 0.000000132. The molecule has 0 radical (unpaired) electrons. The van der Waals surface area contributed by atoms with Crippen LogP contribution in [0.25, 0.3) is 50.7 Å². The molecule has 4 aliphatic heterocycles. The highest BCUT2D eigenvalue weighted by atomic mass is 32.1. The zero-order valence-electron chi connectivity index (χ0n) is 67.5. The summed E-state index contributed by atoms with van der Waals surface area (Å²) in [5.41, 5.74) is 13.1. The number of carbonyl (C=O) groups is 3. The summed E-state index contributed by atoms with van der Waals surface area (Å²) in [6, 6.07) is 6.62. The molecule has 0 aromatic carbocycles. The first-order chi connectivity index (χ1) is 57.3. The second-order valence-corrected chi connectivity index (χ2v) is 35.7. The van der Waals surface area contributed by atoms with E-state index in [1.165, 1.54) is 84.5 Å². The third-order valence-corrected chi connectivity index (χ3v) is 24.7. The molecule has 118 heavy (non-hydrogen) atoms. The van der Waals surface area contributed by atoms with Crippen LogP contribution in [-0.2, 0) is 58.4 Å². The fraction of sp³-hybridized carbons (Fsp3) is 0.487. The highest BCUT2D eigenvalue weighted by Gasteiger charge is 2.27. The quantitative estimate of drug-likeness (QED) is 0.0295. The summed E-state index contributed by atoms with van der Waals surface area (Å²) in [5, 5.41) is 54.1. The van der Waals surface area contributed by atoms with Crippen LogP contribution >= 0.6 is 45.9 Å². The van der Waals surface area contributed by atoms with Crippen LogP contribution in [0.1, 0.15) is 137 Å². The fourth-order valence-electron chi connectivity index (χ4n) is 16.2. The van der Waals surface area contributed by atoms with E-state index in [-0.39, 0.29) is 55.5 Å². The van der Waals surface area contributed by atoms with Crippen molar-refractivity contribution >= 4 is 118 Å². The number of hydrogen-bond donors (Lipinski definition) is 7. The van der Waals surface area contributed by atoms with Gasteiger partial charge >= 0.3 is 0 Å². The zero-order chi connectivity index (χ0) is 81.3. The van der Waals surface area contributed by atoms with E-state index in [2.05, 4.69) is 139 Å². The van der Waals surface area contributed by atoms with Gasteiger partial charge < -0.3 is 36.4 Å². The molecule has 3 amide bonds. The summed E-state index contributed by atoms with van der Waals surface area (Å²) < 4.78 is 30.3. The lowest BCUT2D eigenvalue weighted by atomic mass is 9.93. The van der Waals surface area contributed by atoms with E-state index in [0.29, 0.717) is 47.1 Å². The van der Waals surface area contributed by atoms with Crippen molar-refractivity contribution in [3.8, 4) is 33.8 Å². The monoisotopic (exact) mass is 1680 g/mol. The van der Waals surface area contributed by atoms with Crippen molar-refractivity contribution in [3.05, 3.63) is 132 Å². The molecule has 5 fully saturated rings. The van der Waals surface area contributed by atoms with Gasteiger partial charge in [0.2, 0.25) is 22.9 Å². The Morgan fingerprint density at radius 3 is 1.20 bits per heavy atom. The maximum atomic E-state index is 12.6. The first-order valence-corrected chi connectivity index (χ1v) is 43.8. The first kappa shape index (κ1) is 81.3. The third-order valence-electron chi connectivity index (χ3n) is 21.7. The van der Waals surface area contributed by atoms with Gasteiger partial charge in [-0.1, -0.05) is 32.1 Å². The van der Waals surface area contributed by atoms with Crippen molar-refractivity contribution in [3.63, 3.8) is 0 Å². The Morgan fingerprint density at radius 2 is 0.839 bits per heavy atom. The Kier molecular flexibility index (Phi) is 25.7. The molecule has 1 aliphatic carbocycles. The lowest BCUT2D eigenvalue weighted by molar-refractivity contribution is -0.123. The summed E-state index contributed by atoms with van der Waals surface area (Å²) in [6.07, 6.45) is 34.4. The number of nitrogens with zero attached hydrogens (tertiary/aromatic N) is 23. The summed E-state index contributed by atoms with van der Waals surface area (Å²) in [4.78, 5) is 73.2. The average Bonchev–Trinajstić information content (AvgIpc) is 1.63. The summed E-state index contributed by atoms with van der Waals surface area (Å²) in [6.45, 7) is 25.9. The van der Waals surface area contributed by atoms with Gasteiger partial charge in [-0.2, -0.15) is 28.4 Å². The van der Waals surface area contributed by atoms with Crippen LogP contribution in [0.15, 0.2) is 92.6 Å². The number of likely N-dealkylation sites (tertiary alicyclic amines) is 3. The van der Waals surface area contributed by atoms with E-state index >= 15 is 0 Å². The van der Waals surface area contributed by atoms with Crippen LogP contribution < -0.4 is 31.9 Å². The molecule has 5 aliphatic rings. The van der Waals surface area contributed by atoms with Crippen molar-refractivity contribution in [2.75, 3.05) is 73.7 Å². The molecular formula is C80H101N29O5S4. The number of ether oxygens (including phenoxy) is 1. The molecule has 34 nitrogen and oxygen atoms in total. The zero-order valence-corrected chi connectivity index (χ0v) is 70.8. The van der Waals surface area contributed by atoms with Crippen molar-refractivity contribution in [1.29, 1.82) is 0 Å². The van der Waals surface area contributed by atoms with Crippen molar-refractivity contribution in [2.24, 2.45) is 17.8 Å². The number of amides is 3. The van der Waals surface area contributed by atoms with Gasteiger partial charge in [0, 0.05) is 118 Å². The molecule has 3 unspecified atom stereocenters. The van der Waals surface area contributed by atoms with Crippen molar-refractivity contribution in [2.45, 2.75) is 183 Å². The van der Waals surface area contributed by atoms with Gasteiger partial charge in [0.05, 0.1) is 94.5 Å². The molecule has 620 valence electrons. The SMILES string of the molecule is Cc1cn2c(-c3cnn(CC(=O)NC4CCC(O)CC4)c3)cnc2c(Nc2cc(CN3CCCC(C)C3)ns2)n1.Cc1cn2c(-c3cnn(CC(=O)NC4CCOCC4)c3)cnc2c(Nc2cc(CN3CCCC(C)C3)ns2)n1.Cc1cn2c(-c3cnn(CC(=O)Nc4nnc(C)s4)c3)cnc2c(Nc2cc(CN3CCCC(C)C3)ns2)n1. The molecule has 18 rings (SSSR count). The maximum absolute atomic E-state index is 12.6. The minimum atomic E-state index is -0.241. The summed E-state index contributed by atoms with van der Waals surface area (Å²) in [5.74, 6) is 3.93. The maximum Gasteiger partial charge on any atom is 0.247 e. The molecule has 3 atom stereocenters. The van der Waals surface area contributed by atoms with Gasteiger partial charge in [0.1, 0.15) is 39.6 Å². The number of anilines is 7. The molecule has 38 heteroatoms. The highest BCUT2D eigenvalue weighted by Crippen LogP contribution is 2.34. The van der Waals surface area contributed by atoms with Crippen LogP contribution in [0.4, 0.5) is 37.6 Å². The number of nitrogens with one attached hydrogen (secondary N) is 6. The number of aliphatic hydroxyl groups is 1. The lowest BCUT2D eigenvalue weighted by Gasteiger charge is -2.30. The Hall–Kier alpha value is -10.4. The summed E-state index contributed by atoms with van der Waals surface area (Å²) >= 11 is 5.66. The van der Waals surface area contributed by atoms with Crippen molar-refractivity contribution in [1.82, 2.24) is 121 Å². The third kappa shape index (κ3) is 20.8. The van der Waals surface area contributed by atoms with E-state index in [0.717, 1.165) is 209 Å². The normalized spacial score (nSPS) is 19.1. The number of aryl methyl sites for hydroxylation is 4. The molecule has 0 bridgehead atoms. The first-order valence-electron chi connectivity index (χ1n) is 40.7. The van der Waals surface area contributed by atoms with Gasteiger partial charge in [-0.05, 0) is 195 Å². The molecule has 4 saturated heterocycles. The van der Waals surface area contributed by atoms with Gasteiger partial charge in [0.15, 0.2) is 34.4 Å². The highest BCUT2D eigenvalue weighted by molar-refractivity contribution is 7.15. The van der Waals surface area contributed by atoms with E-state index in [9.17, 15) is 19.5 Å². The van der Waals surface area contributed by atoms with Gasteiger partial charge in [0.25, 0.3) is 0 Å². The molecule has 0 spiro atoms. The van der Waals surface area contributed by atoms with Gasteiger partial charge in [-0.25, -0.2) is 29.9 Å². The van der Waals surface area contributed by atoms with Crippen molar-refractivity contribution < 1.29 is 24.2 Å². The minimum absolute atomic E-state index is 0.0417.